The Labute approximate surface area is 131 Å². The summed E-state index contributed by atoms with van der Waals surface area (Å²) in [6.07, 6.45) is 0.913. The molecule has 21 heavy (non-hydrogen) atoms. The number of carbonyl (C=O) groups excluding carboxylic acids is 1. The number of halogens is 1. The van der Waals surface area contributed by atoms with E-state index in [1.54, 1.807) is 6.07 Å². The van der Waals surface area contributed by atoms with Gasteiger partial charge in [-0.25, -0.2) is 0 Å². The van der Waals surface area contributed by atoms with Gasteiger partial charge in [0.1, 0.15) is 0 Å². The van der Waals surface area contributed by atoms with Crippen LogP contribution >= 0.6 is 11.6 Å². The van der Waals surface area contributed by atoms with Crippen molar-refractivity contribution in [3.63, 3.8) is 0 Å². The SMILES string of the molecule is CCC(=O)N1CCCN(CC(O)c2ccccc2Cl)CC1. The summed E-state index contributed by atoms with van der Waals surface area (Å²) < 4.78 is 0. The molecule has 0 spiro atoms. The number of carbonyl (C=O) groups is 1. The standard InChI is InChI=1S/C16H23ClN2O2/c1-2-16(21)19-9-5-8-18(10-11-19)12-15(20)13-6-3-4-7-14(13)17/h3-4,6-7,15,20H,2,5,8-12H2,1H3. The van der Waals surface area contributed by atoms with Crippen molar-refractivity contribution >= 4 is 17.5 Å². The maximum Gasteiger partial charge on any atom is 0.222 e. The zero-order valence-corrected chi connectivity index (χ0v) is 13.2. The highest BCUT2D eigenvalue weighted by Gasteiger charge is 2.21. The van der Waals surface area contributed by atoms with Gasteiger partial charge in [-0.15, -0.1) is 0 Å². The third kappa shape index (κ3) is 4.43. The largest absolute Gasteiger partial charge is 0.387 e. The highest BCUT2D eigenvalue weighted by Crippen LogP contribution is 2.23. The van der Waals surface area contributed by atoms with Gasteiger partial charge < -0.3 is 10.0 Å². The van der Waals surface area contributed by atoms with Crippen molar-refractivity contribution in [1.29, 1.82) is 0 Å². The summed E-state index contributed by atoms with van der Waals surface area (Å²) in [6.45, 7) is 5.69. The number of nitrogens with zero attached hydrogens (tertiary/aromatic N) is 2. The molecule has 1 unspecified atom stereocenters. The van der Waals surface area contributed by atoms with Gasteiger partial charge in [0.15, 0.2) is 0 Å². The molecule has 0 radical (unpaired) electrons. The average molecular weight is 311 g/mol. The van der Waals surface area contributed by atoms with Crippen LogP contribution < -0.4 is 0 Å². The number of β-amino-alcohol motifs (C(OH)–C–C–N with tert-alkyl or cyclic N) is 1. The summed E-state index contributed by atoms with van der Waals surface area (Å²) in [7, 11) is 0. The Bertz CT molecular complexity index is 481. The van der Waals surface area contributed by atoms with Gasteiger partial charge in [-0.2, -0.15) is 0 Å². The van der Waals surface area contributed by atoms with Crippen LogP contribution in [0.15, 0.2) is 24.3 Å². The monoisotopic (exact) mass is 310 g/mol. The van der Waals surface area contributed by atoms with E-state index in [0.717, 1.165) is 38.2 Å². The van der Waals surface area contributed by atoms with Crippen LogP contribution in [0.1, 0.15) is 31.4 Å². The number of amides is 1. The summed E-state index contributed by atoms with van der Waals surface area (Å²) >= 11 is 6.12. The van der Waals surface area contributed by atoms with Crippen molar-refractivity contribution in [2.45, 2.75) is 25.9 Å². The lowest BCUT2D eigenvalue weighted by atomic mass is 10.1. The summed E-state index contributed by atoms with van der Waals surface area (Å²) in [5.41, 5.74) is 0.768. The van der Waals surface area contributed by atoms with Gasteiger partial charge >= 0.3 is 0 Å². The fourth-order valence-corrected chi connectivity index (χ4v) is 2.98. The predicted molar refractivity (Wildman–Crippen MR) is 84.3 cm³/mol. The molecule has 0 saturated carbocycles. The van der Waals surface area contributed by atoms with E-state index in [-0.39, 0.29) is 5.91 Å². The smallest absolute Gasteiger partial charge is 0.222 e. The van der Waals surface area contributed by atoms with E-state index < -0.39 is 6.10 Å². The maximum atomic E-state index is 11.8. The van der Waals surface area contributed by atoms with Gasteiger partial charge in [0, 0.05) is 49.7 Å². The molecule has 1 fully saturated rings. The van der Waals surface area contributed by atoms with Crippen LogP contribution in [-0.4, -0.2) is 53.5 Å². The van der Waals surface area contributed by atoms with E-state index in [4.69, 9.17) is 11.6 Å². The van der Waals surface area contributed by atoms with E-state index >= 15 is 0 Å². The number of hydrogen-bond acceptors (Lipinski definition) is 3. The van der Waals surface area contributed by atoms with Crippen LogP contribution in [0.4, 0.5) is 0 Å². The molecule has 1 N–H and O–H groups in total. The first kappa shape index (κ1) is 16.3. The third-order valence-electron chi connectivity index (χ3n) is 3.94. The van der Waals surface area contributed by atoms with Crippen molar-refractivity contribution in [2.24, 2.45) is 0 Å². The minimum absolute atomic E-state index is 0.212. The highest BCUT2D eigenvalue weighted by molar-refractivity contribution is 6.31. The second kappa shape index (κ2) is 7.78. The van der Waals surface area contributed by atoms with E-state index in [1.807, 2.05) is 30.0 Å². The Hall–Kier alpha value is -1.10. The highest BCUT2D eigenvalue weighted by atomic mass is 35.5. The summed E-state index contributed by atoms with van der Waals surface area (Å²) in [5, 5.41) is 11.0. The zero-order valence-electron chi connectivity index (χ0n) is 12.5. The number of hydrogen-bond donors (Lipinski definition) is 1. The minimum atomic E-state index is -0.591. The molecule has 2 rings (SSSR count). The Morgan fingerprint density at radius 1 is 1.29 bits per heavy atom. The molecular formula is C16H23ClN2O2. The van der Waals surface area contributed by atoms with Gasteiger partial charge in [-0.1, -0.05) is 36.7 Å². The predicted octanol–water partition coefficient (Wildman–Crippen LogP) is 2.32. The van der Waals surface area contributed by atoms with Crippen LogP contribution in [0.2, 0.25) is 5.02 Å². The number of benzene rings is 1. The Balaban J connectivity index is 1.92. The molecule has 1 aromatic rings. The van der Waals surface area contributed by atoms with E-state index in [2.05, 4.69) is 4.90 Å². The number of aliphatic hydroxyl groups is 1. The van der Waals surface area contributed by atoms with Crippen molar-refractivity contribution in [1.82, 2.24) is 9.80 Å². The van der Waals surface area contributed by atoms with Crippen LogP contribution in [0.25, 0.3) is 0 Å². The molecule has 1 atom stereocenters. The molecule has 1 amide bonds. The first-order valence-corrected chi connectivity index (χ1v) is 7.92. The van der Waals surface area contributed by atoms with Crippen LogP contribution in [-0.2, 0) is 4.79 Å². The molecule has 116 valence electrons. The van der Waals surface area contributed by atoms with Crippen molar-refractivity contribution in [3.05, 3.63) is 34.9 Å². The third-order valence-corrected chi connectivity index (χ3v) is 4.28. The van der Waals surface area contributed by atoms with Crippen molar-refractivity contribution in [2.75, 3.05) is 32.7 Å². The van der Waals surface area contributed by atoms with Gasteiger partial charge in [-0.05, 0) is 12.5 Å². The molecule has 0 bridgehead atoms. The van der Waals surface area contributed by atoms with Gasteiger partial charge in [0.05, 0.1) is 6.10 Å². The molecule has 1 aliphatic rings. The maximum absolute atomic E-state index is 11.8. The van der Waals surface area contributed by atoms with Crippen LogP contribution in [0, 0.1) is 0 Å². The molecule has 0 aliphatic carbocycles. The van der Waals surface area contributed by atoms with Gasteiger partial charge in [0.25, 0.3) is 0 Å². The normalized spacial score (nSPS) is 18.3. The van der Waals surface area contributed by atoms with Gasteiger partial charge in [-0.3, -0.25) is 9.69 Å². The molecule has 5 heteroatoms. The van der Waals surface area contributed by atoms with E-state index in [1.165, 1.54) is 0 Å². The van der Waals surface area contributed by atoms with Crippen LogP contribution in [0.5, 0.6) is 0 Å². The van der Waals surface area contributed by atoms with Crippen molar-refractivity contribution in [3.8, 4) is 0 Å². The lowest BCUT2D eigenvalue weighted by molar-refractivity contribution is -0.130. The Morgan fingerprint density at radius 2 is 2.05 bits per heavy atom. The Morgan fingerprint density at radius 3 is 2.76 bits per heavy atom. The summed E-state index contributed by atoms with van der Waals surface area (Å²) in [4.78, 5) is 15.9. The molecule has 4 nitrogen and oxygen atoms in total. The molecule has 0 aromatic heterocycles. The van der Waals surface area contributed by atoms with Crippen LogP contribution in [0.3, 0.4) is 0 Å². The lowest BCUT2D eigenvalue weighted by Gasteiger charge is -2.24. The number of aliphatic hydroxyl groups excluding tert-OH is 1. The molecule has 1 aliphatic heterocycles. The van der Waals surface area contributed by atoms with Crippen molar-refractivity contribution < 1.29 is 9.90 Å². The molecule has 1 aromatic carbocycles. The topological polar surface area (TPSA) is 43.8 Å². The minimum Gasteiger partial charge on any atom is -0.387 e. The molecule has 1 saturated heterocycles. The molecule has 1 heterocycles. The lowest BCUT2D eigenvalue weighted by Crippen LogP contribution is -2.36. The summed E-state index contributed by atoms with van der Waals surface area (Å²) in [5.74, 6) is 0.212. The first-order valence-electron chi connectivity index (χ1n) is 7.54. The van der Waals surface area contributed by atoms with Gasteiger partial charge in [0.2, 0.25) is 5.91 Å². The fraction of sp³-hybridized carbons (Fsp3) is 0.562. The second-order valence-corrected chi connectivity index (χ2v) is 5.83. The second-order valence-electron chi connectivity index (χ2n) is 5.43. The first-order chi connectivity index (χ1) is 10.1. The quantitative estimate of drug-likeness (QED) is 0.928. The molecular weight excluding hydrogens is 288 g/mol. The number of rotatable bonds is 4. The fourth-order valence-electron chi connectivity index (χ4n) is 2.71. The average Bonchev–Trinajstić information content (AvgIpc) is 2.72. The summed E-state index contributed by atoms with van der Waals surface area (Å²) in [6, 6.07) is 7.40. The van der Waals surface area contributed by atoms with E-state index in [9.17, 15) is 9.90 Å². The van der Waals surface area contributed by atoms with E-state index in [0.29, 0.717) is 18.0 Å². The Kier molecular flexibility index (Phi) is 6.03. The zero-order chi connectivity index (χ0) is 15.2.